The molecule has 4 heteroatoms. The minimum Gasteiger partial charge on any atom is -0.468 e. The van der Waals surface area contributed by atoms with E-state index in [0.717, 1.165) is 19.5 Å². The Hall–Kier alpha value is -0.610. The molecule has 1 N–H and O–H groups in total. The number of carbonyl (C=O) groups excluding carboxylic acids is 1. The number of nitrogens with zero attached hydrogens (tertiary/aromatic N) is 1. The quantitative estimate of drug-likeness (QED) is 0.641. The Morgan fingerprint density at radius 3 is 2.47 bits per heavy atom. The minimum atomic E-state index is -0.179. The molecule has 0 aromatic carbocycles. The van der Waals surface area contributed by atoms with E-state index in [4.69, 9.17) is 4.74 Å². The number of carbonyl (C=O) groups is 1. The number of ether oxygens (including phenoxy) is 1. The van der Waals surface area contributed by atoms with Crippen LogP contribution in [0.4, 0.5) is 0 Å². The molecule has 15 heavy (non-hydrogen) atoms. The minimum absolute atomic E-state index is 0.172. The average molecular weight is 216 g/mol. The molecule has 0 aromatic heterocycles. The fourth-order valence-electron chi connectivity index (χ4n) is 1.28. The predicted molar refractivity (Wildman–Crippen MR) is 61.9 cm³/mol. The normalized spacial score (nSPS) is 13.3. The Labute approximate surface area is 93.0 Å². The molecular formula is C11H24N2O2. The van der Waals surface area contributed by atoms with Crippen LogP contribution in [0.1, 0.15) is 27.2 Å². The molecule has 0 amide bonds. The highest BCUT2D eigenvalue weighted by atomic mass is 16.5. The molecule has 0 spiro atoms. The fraction of sp³-hybridized carbons (Fsp3) is 0.909. The molecule has 0 saturated carbocycles. The molecule has 0 heterocycles. The molecule has 1 atom stereocenters. The Morgan fingerprint density at radius 1 is 1.47 bits per heavy atom. The van der Waals surface area contributed by atoms with E-state index in [2.05, 4.69) is 31.1 Å². The fourth-order valence-corrected chi connectivity index (χ4v) is 1.28. The Kier molecular flexibility index (Phi) is 7.34. The van der Waals surface area contributed by atoms with Gasteiger partial charge < -0.3 is 15.0 Å². The standard InChI is InChI=1S/C11H24N2O2/c1-6-12-10(11(14)15-5)7-8-13(4)9(2)3/h9-10,12H,6-8H2,1-5H3. The molecule has 0 aliphatic heterocycles. The highest BCUT2D eigenvalue weighted by molar-refractivity contribution is 5.75. The monoisotopic (exact) mass is 216 g/mol. The second-order valence-corrected chi connectivity index (χ2v) is 4.00. The van der Waals surface area contributed by atoms with E-state index in [0.29, 0.717) is 6.04 Å². The summed E-state index contributed by atoms with van der Waals surface area (Å²) >= 11 is 0. The first-order chi connectivity index (χ1) is 7.02. The van der Waals surface area contributed by atoms with E-state index in [1.165, 1.54) is 7.11 Å². The first-order valence-corrected chi connectivity index (χ1v) is 5.54. The topological polar surface area (TPSA) is 41.6 Å². The molecule has 0 aromatic rings. The molecule has 1 unspecified atom stereocenters. The van der Waals surface area contributed by atoms with Crippen molar-refractivity contribution in [3.8, 4) is 0 Å². The molecule has 0 aliphatic rings. The lowest BCUT2D eigenvalue weighted by atomic mass is 10.2. The van der Waals surface area contributed by atoms with Gasteiger partial charge in [0.05, 0.1) is 7.11 Å². The highest BCUT2D eigenvalue weighted by Crippen LogP contribution is 2.00. The van der Waals surface area contributed by atoms with Crippen molar-refractivity contribution in [3.63, 3.8) is 0 Å². The molecule has 90 valence electrons. The van der Waals surface area contributed by atoms with Crippen LogP contribution in [0.25, 0.3) is 0 Å². The van der Waals surface area contributed by atoms with E-state index in [-0.39, 0.29) is 12.0 Å². The second-order valence-electron chi connectivity index (χ2n) is 4.00. The molecule has 0 aliphatic carbocycles. The van der Waals surface area contributed by atoms with Gasteiger partial charge in [-0.05, 0) is 33.9 Å². The Morgan fingerprint density at radius 2 is 2.07 bits per heavy atom. The summed E-state index contributed by atoms with van der Waals surface area (Å²) in [6, 6.07) is 0.325. The van der Waals surface area contributed by atoms with Crippen LogP contribution < -0.4 is 5.32 Å². The number of likely N-dealkylation sites (N-methyl/N-ethyl adjacent to an activating group) is 1. The number of esters is 1. The van der Waals surface area contributed by atoms with Gasteiger partial charge in [0.15, 0.2) is 0 Å². The first-order valence-electron chi connectivity index (χ1n) is 5.54. The molecule has 0 rings (SSSR count). The molecule has 4 nitrogen and oxygen atoms in total. The lowest BCUT2D eigenvalue weighted by Crippen LogP contribution is -2.41. The zero-order valence-corrected chi connectivity index (χ0v) is 10.5. The summed E-state index contributed by atoms with van der Waals surface area (Å²) in [4.78, 5) is 13.6. The summed E-state index contributed by atoms with van der Waals surface area (Å²) in [5, 5.41) is 3.13. The van der Waals surface area contributed by atoms with Gasteiger partial charge in [0, 0.05) is 12.6 Å². The summed E-state index contributed by atoms with van der Waals surface area (Å²) in [5.74, 6) is -0.172. The molecule has 0 saturated heterocycles. The second kappa shape index (κ2) is 7.65. The van der Waals surface area contributed by atoms with Crippen molar-refractivity contribution in [2.45, 2.75) is 39.3 Å². The van der Waals surface area contributed by atoms with Crippen LogP contribution in [-0.2, 0) is 9.53 Å². The van der Waals surface area contributed by atoms with Crippen LogP contribution in [-0.4, -0.2) is 50.2 Å². The predicted octanol–water partition coefficient (Wildman–Crippen LogP) is 0.868. The lowest BCUT2D eigenvalue weighted by Gasteiger charge is -2.23. The van der Waals surface area contributed by atoms with E-state index < -0.39 is 0 Å². The number of hydrogen-bond acceptors (Lipinski definition) is 4. The van der Waals surface area contributed by atoms with Gasteiger partial charge in [-0.25, -0.2) is 0 Å². The van der Waals surface area contributed by atoms with Crippen molar-refractivity contribution < 1.29 is 9.53 Å². The van der Waals surface area contributed by atoms with Crippen molar-refractivity contribution in [2.24, 2.45) is 0 Å². The zero-order valence-electron chi connectivity index (χ0n) is 10.5. The van der Waals surface area contributed by atoms with Crippen LogP contribution >= 0.6 is 0 Å². The Balaban J connectivity index is 4.00. The van der Waals surface area contributed by atoms with E-state index in [1.54, 1.807) is 0 Å². The first kappa shape index (κ1) is 14.4. The van der Waals surface area contributed by atoms with Crippen molar-refractivity contribution in [3.05, 3.63) is 0 Å². The maximum Gasteiger partial charge on any atom is 0.322 e. The molecular weight excluding hydrogens is 192 g/mol. The maximum atomic E-state index is 11.4. The number of rotatable bonds is 7. The van der Waals surface area contributed by atoms with E-state index in [1.807, 2.05) is 6.92 Å². The summed E-state index contributed by atoms with van der Waals surface area (Å²) in [5.41, 5.74) is 0. The van der Waals surface area contributed by atoms with Gasteiger partial charge in [0.2, 0.25) is 0 Å². The van der Waals surface area contributed by atoms with Crippen molar-refractivity contribution in [1.82, 2.24) is 10.2 Å². The largest absolute Gasteiger partial charge is 0.468 e. The van der Waals surface area contributed by atoms with E-state index >= 15 is 0 Å². The third-order valence-corrected chi connectivity index (χ3v) is 2.59. The van der Waals surface area contributed by atoms with Crippen LogP contribution in [0.5, 0.6) is 0 Å². The van der Waals surface area contributed by atoms with Gasteiger partial charge in [-0.3, -0.25) is 4.79 Å². The Bertz CT molecular complexity index is 183. The van der Waals surface area contributed by atoms with Crippen LogP contribution in [0.15, 0.2) is 0 Å². The van der Waals surface area contributed by atoms with Crippen molar-refractivity contribution in [1.29, 1.82) is 0 Å². The van der Waals surface area contributed by atoms with Crippen molar-refractivity contribution >= 4 is 5.97 Å². The van der Waals surface area contributed by atoms with Crippen LogP contribution in [0, 0.1) is 0 Å². The van der Waals surface area contributed by atoms with Gasteiger partial charge >= 0.3 is 5.97 Å². The molecule has 0 bridgehead atoms. The van der Waals surface area contributed by atoms with Gasteiger partial charge in [-0.15, -0.1) is 0 Å². The highest BCUT2D eigenvalue weighted by Gasteiger charge is 2.18. The van der Waals surface area contributed by atoms with Crippen LogP contribution in [0.2, 0.25) is 0 Å². The van der Waals surface area contributed by atoms with Gasteiger partial charge in [-0.2, -0.15) is 0 Å². The summed E-state index contributed by atoms with van der Waals surface area (Å²) in [7, 11) is 3.49. The number of nitrogens with one attached hydrogen (secondary N) is 1. The molecule has 0 radical (unpaired) electrons. The van der Waals surface area contributed by atoms with Gasteiger partial charge in [0.1, 0.15) is 6.04 Å². The maximum absolute atomic E-state index is 11.4. The van der Waals surface area contributed by atoms with E-state index in [9.17, 15) is 4.79 Å². The van der Waals surface area contributed by atoms with Crippen molar-refractivity contribution in [2.75, 3.05) is 27.2 Å². The van der Waals surface area contributed by atoms with Gasteiger partial charge in [-0.1, -0.05) is 6.92 Å². The summed E-state index contributed by atoms with van der Waals surface area (Å²) < 4.78 is 4.74. The van der Waals surface area contributed by atoms with Crippen LogP contribution in [0.3, 0.4) is 0 Å². The number of methoxy groups -OCH3 is 1. The zero-order chi connectivity index (χ0) is 11.8. The summed E-state index contributed by atoms with van der Waals surface area (Å²) in [6.45, 7) is 7.94. The third kappa shape index (κ3) is 5.74. The average Bonchev–Trinajstić information content (AvgIpc) is 2.22. The third-order valence-electron chi connectivity index (χ3n) is 2.59. The SMILES string of the molecule is CCNC(CCN(C)C(C)C)C(=O)OC. The number of hydrogen-bond donors (Lipinski definition) is 1. The van der Waals surface area contributed by atoms with Gasteiger partial charge in [0.25, 0.3) is 0 Å². The summed E-state index contributed by atoms with van der Waals surface area (Å²) in [6.07, 6.45) is 0.787. The smallest absolute Gasteiger partial charge is 0.322 e. The lowest BCUT2D eigenvalue weighted by molar-refractivity contribution is -0.143. The molecule has 0 fully saturated rings.